The highest BCUT2D eigenvalue weighted by Crippen LogP contribution is 2.23. The molecule has 0 aliphatic rings. The highest BCUT2D eigenvalue weighted by Gasteiger charge is 2.01. The molecule has 1 nitrogen and oxygen atoms in total. The van der Waals surface area contributed by atoms with Crippen LogP contribution in [0.15, 0.2) is 48.5 Å². The van der Waals surface area contributed by atoms with Gasteiger partial charge in [-0.05, 0) is 49.2 Å². The molecule has 18 heavy (non-hydrogen) atoms. The van der Waals surface area contributed by atoms with Gasteiger partial charge in [-0.25, -0.2) is 0 Å². The van der Waals surface area contributed by atoms with Gasteiger partial charge >= 0.3 is 0 Å². The summed E-state index contributed by atoms with van der Waals surface area (Å²) in [6.07, 6.45) is 1.08. The minimum Gasteiger partial charge on any atom is -0.319 e. The van der Waals surface area contributed by atoms with E-state index in [-0.39, 0.29) is 12.4 Å². The Balaban J connectivity index is 0.00000162. The van der Waals surface area contributed by atoms with Crippen molar-refractivity contribution in [3.05, 3.63) is 59.7 Å². The van der Waals surface area contributed by atoms with E-state index < -0.39 is 0 Å². The van der Waals surface area contributed by atoms with Crippen molar-refractivity contribution in [3.8, 4) is 11.1 Å². The van der Waals surface area contributed by atoms with E-state index >= 15 is 0 Å². The van der Waals surface area contributed by atoms with Crippen molar-refractivity contribution in [3.63, 3.8) is 0 Å². The lowest BCUT2D eigenvalue weighted by Gasteiger charge is -2.08. The largest absolute Gasteiger partial charge is 0.319 e. The molecule has 2 aromatic rings. The fourth-order valence-electron chi connectivity index (χ4n) is 2.06. The molecule has 0 spiro atoms. The normalized spacial score (nSPS) is 9.89. The number of rotatable bonds is 4. The summed E-state index contributed by atoms with van der Waals surface area (Å²) in [4.78, 5) is 0. The molecule has 0 saturated heterocycles. The molecule has 0 amide bonds. The molecule has 0 fully saturated rings. The summed E-state index contributed by atoms with van der Waals surface area (Å²) in [7, 11) is 1.99. The minimum absolute atomic E-state index is 0. The van der Waals surface area contributed by atoms with E-state index in [9.17, 15) is 0 Å². The lowest BCUT2D eigenvalue weighted by Crippen LogP contribution is -2.10. The first kappa shape index (κ1) is 14.7. The second-order valence-electron chi connectivity index (χ2n) is 4.37. The standard InChI is InChI=1S/C16H19N.ClH/c1-13-6-3-4-9-16(13)15-8-5-7-14(12-15)10-11-17-2;/h3-9,12,17H,10-11H2,1-2H3;1H. The number of likely N-dealkylation sites (N-methyl/N-ethyl adjacent to an activating group) is 1. The van der Waals surface area contributed by atoms with Crippen LogP contribution in [0.3, 0.4) is 0 Å². The van der Waals surface area contributed by atoms with Crippen molar-refractivity contribution in [2.24, 2.45) is 0 Å². The fraction of sp³-hybridized carbons (Fsp3) is 0.250. The Morgan fingerprint density at radius 1 is 1.00 bits per heavy atom. The molecule has 0 bridgehead atoms. The van der Waals surface area contributed by atoms with Crippen molar-refractivity contribution < 1.29 is 0 Å². The number of hydrogen-bond acceptors (Lipinski definition) is 1. The van der Waals surface area contributed by atoms with Crippen LogP contribution in [0.4, 0.5) is 0 Å². The maximum atomic E-state index is 3.19. The third-order valence-electron chi connectivity index (χ3n) is 3.05. The summed E-state index contributed by atoms with van der Waals surface area (Å²) >= 11 is 0. The molecular weight excluding hydrogens is 242 g/mol. The van der Waals surface area contributed by atoms with Gasteiger partial charge in [0.25, 0.3) is 0 Å². The predicted molar refractivity (Wildman–Crippen MR) is 81.5 cm³/mol. The van der Waals surface area contributed by atoms with Crippen LogP contribution in [0.5, 0.6) is 0 Å². The summed E-state index contributed by atoms with van der Waals surface area (Å²) in [6.45, 7) is 3.19. The van der Waals surface area contributed by atoms with E-state index in [1.54, 1.807) is 0 Å². The van der Waals surface area contributed by atoms with Gasteiger partial charge in [-0.1, -0.05) is 48.5 Å². The molecule has 2 rings (SSSR count). The second kappa shape index (κ2) is 7.20. The molecule has 0 radical (unpaired) electrons. The fourth-order valence-corrected chi connectivity index (χ4v) is 2.06. The third-order valence-corrected chi connectivity index (χ3v) is 3.05. The monoisotopic (exact) mass is 261 g/mol. The number of benzene rings is 2. The SMILES string of the molecule is CNCCc1cccc(-c2ccccc2C)c1.Cl. The van der Waals surface area contributed by atoms with E-state index in [0.717, 1.165) is 13.0 Å². The lowest BCUT2D eigenvalue weighted by molar-refractivity contribution is 0.792. The molecule has 96 valence electrons. The maximum absolute atomic E-state index is 3.19. The Hall–Kier alpha value is -1.31. The number of aryl methyl sites for hydroxylation is 1. The Labute approximate surface area is 116 Å². The molecule has 0 atom stereocenters. The van der Waals surface area contributed by atoms with E-state index in [2.05, 4.69) is 60.8 Å². The van der Waals surface area contributed by atoms with Gasteiger partial charge in [-0.2, -0.15) is 0 Å². The Morgan fingerprint density at radius 3 is 2.50 bits per heavy atom. The molecule has 2 aromatic carbocycles. The molecule has 0 aliphatic carbocycles. The molecule has 2 heteroatoms. The molecule has 0 heterocycles. The average Bonchev–Trinajstić information content (AvgIpc) is 2.37. The van der Waals surface area contributed by atoms with Gasteiger partial charge in [0.05, 0.1) is 0 Å². The van der Waals surface area contributed by atoms with Crippen molar-refractivity contribution in [1.82, 2.24) is 5.32 Å². The third kappa shape index (κ3) is 3.59. The van der Waals surface area contributed by atoms with Gasteiger partial charge in [-0.3, -0.25) is 0 Å². The Morgan fingerprint density at radius 2 is 1.78 bits per heavy atom. The van der Waals surface area contributed by atoms with Crippen LogP contribution in [0.2, 0.25) is 0 Å². The quantitative estimate of drug-likeness (QED) is 0.882. The van der Waals surface area contributed by atoms with E-state index in [0.29, 0.717) is 0 Å². The zero-order valence-corrected chi connectivity index (χ0v) is 11.8. The van der Waals surface area contributed by atoms with Gasteiger partial charge in [0.15, 0.2) is 0 Å². The smallest absolute Gasteiger partial charge is 0.00114 e. The Bertz CT molecular complexity index is 494. The first-order chi connectivity index (χ1) is 8.31. The van der Waals surface area contributed by atoms with Crippen molar-refractivity contribution in [2.75, 3.05) is 13.6 Å². The minimum atomic E-state index is 0. The lowest BCUT2D eigenvalue weighted by atomic mass is 9.98. The molecule has 1 N–H and O–H groups in total. The number of halogens is 1. The highest BCUT2D eigenvalue weighted by atomic mass is 35.5. The first-order valence-corrected chi connectivity index (χ1v) is 6.11. The van der Waals surface area contributed by atoms with Crippen molar-refractivity contribution in [1.29, 1.82) is 0 Å². The van der Waals surface area contributed by atoms with Crippen LogP contribution in [-0.2, 0) is 6.42 Å². The first-order valence-electron chi connectivity index (χ1n) is 6.11. The zero-order chi connectivity index (χ0) is 12.1. The van der Waals surface area contributed by atoms with Crippen LogP contribution in [0, 0.1) is 6.92 Å². The van der Waals surface area contributed by atoms with Crippen molar-refractivity contribution in [2.45, 2.75) is 13.3 Å². The van der Waals surface area contributed by atoms with Crippen LogP contribution in [0.25, 0.3) is 11.1 Å². The van der Waals surface area contributed by atoms with Crippen molar-refractivity contribution >= 4 is 12.4 Å². The Kier molecular flexibility index (Phi) is 5.90. The summed E-state index contributed by atoms with van der Waals surface area (Å²) in [6, 6.07) is 17.4. The molecular formula is C16H20ClN. The molecule has 0 aliphatic heterocycles. The van der Waals surface area contributed by atoms with E-state index in [1.165, 1.54) is 22.3 Å². The van der Waals surface area contributed by atoms with Gasteiger partial charge in [0, 0.05) is 0 Å². The highest BCUT2D eigenvalue weighted by molar-refractivity contribution is 5.85. The van der Waals surface area contributed by atoms with Crippen LogP contribution in [-0.4, -0.2) is 13.6 Å². The predicted octanol–water partition coefficient (Wildman–Crippen LogP) is 3.85. The molecule has 0 aromatic heterocycles. The maximum Gasteiger partial charge on any atom is -0.00114 e. The van der Waals surface area contributed by atoms with Gasteiger partial charge in [0.1, 0.15) is 0 Å². The van der Waals surface area contributed by atoms with E-state index in [1.807, 2.05) is 7.05 Å². The zero-order valence-electron chi connectivity index (χ0n) is 10.9. The van der Waals surface area contributed by atoms with E-state index in [4.69, 9.17) is 0 Å². The second-order valence-corrected chi connectivity index (χ2v) is 4.37. The number of nitrogens with one attached hydrogen (secondary N) is 1. The molecule has 0 saturated carbocycles. The summed E-state index contributed by atoms with van der Waals surface area (Å²) in [5.74, 6) is 0. The number of hydrogen-bond donors (Lipinski definition) is 1. The van der Waals surface area contributed by atoms with Crippen LogP contribution in [0.1, 0.15) is 11.1 Å². The van der Waals surface area contributed by atoms with Gasteiger partial charge in [-0.15, -0.1) is 12.4 Å². The average molecular weight is 262 g/mol. The summed E-state index contributed by atoms with van der Waals surface area (Å²) in [5, 5.41) is 3.19. The molecule has 0 unspecified atom stereocenters. The summed E-state index contributed by atoms with van der Waals surface area (Å²) in [5.41, 5.74) is 5.37. The van der Waals surface area contributed by atoms with Gasteiger partial charge < -0.3 is 5.32 Å². The van der Waals surface area contributed by atoms with Gasteiger partial charge in [0.2, 0.25) is 0 Å². The topological polar surface area (TPSA) is 12.0 Å². The van der Waals surface area contributed by atoms with Crippen LogP contribution >= 0.6 is 12.4 Å². The van der Waals surface area contributed by atoms with Crippen LogP contribution < -0.4 is 5.32 Å². The summed E-state index contributed by atoms with van der Waals surface area (Å²) < 4.78 is 0.